The van der Waals surface area contributed by atoms with Gasteiger partial charge in [-0.15, -0.1) is 0 Å². The molecule has 0 saturated carbocycles. The van der Waals surface area contributed by atoms with Gasteiger partial charge >= 0.3 is 6.18 Å². The number of aryl methyl sites for hydroxylation is 1. The number of halogens is 4. The van der Waals surface area contributed by atoms with E-state index in [4.69, 9.17) is 4.74 Å². The molecule has 0 amide bonds. The molecule has 0 N–H and O–H groups in total. The number of para-hydroxylation sites is 1. The Morgan fingerprint density at radius 1 is 1.05 bits per heavy atom. The van der Waals surface area contributed by atoms with Crippen molar-refractivity contribution in [2.45, 2.75) is 24.9 Å². The summed E-state index contributed by atoms with van der Waals surface area (Å²) in [5.41, 5.74) is 0.666. The molecule has 0 heterocycles. The lowest BCUT2D eigenvalue weighted by molar-refractivity contribution is -0.138. The van der Waals surface area contributed by atoms with Gasteiger partial charge in [0.1, 0.15) is 11.5 Å². The summed E-state index contributed by atoms with van der Waals surface area (Å²) in [7, 11) is 0. The summed E-state index contributed by atoms with van der Waals surface area (Å²) in [6.07, 6.45) is -3.76. The average Bonchev–Trinajstić information content (AvgIpc) is 2.47. The molecule has 21 heavy (non-hydrogen) atoms. The topological polar surface area (TPSA) is 9.23 Å². The molecule has 0 fully saturated rings. The van der Waals surface area contributed by atoms with Crippen LogP contribution < -0.4 is 4.74 Å². The van der Waals surface area contributed by atoms with Crippen LogP contribution in [0.5, 0.6) is 11.5 Å². The smallest absolute Gasteiger partial charge is 0.419 e. The first-order valence-corrected chi connectivity index (χ1v) is 7.59. The Balaban J connectivity index is 2.44. The molecular weight excluding hydrogens is 345 g/mol. The highest BCUT2D eigenvalue weighted by molar-refractivity contribution is 9.08. The standard InChI is InChI=1S/C16H14BrF3O/c1-2-12-5-3-4-6-14(12)21-15-8-7-11(10-17)9-13(15)16(18,19)20/h3-9H,2,10H2,1H3. The summed E-state index contributed by atoms with van der Waals surface area (Å²) >= 11 is 3.16. The molecule has 2 aromatic rings. The number of hydrogen-bond acceptors (Lipinski definition) is 1. The third-order valence-corrected chi connectivity index (χ3v) is 3.72. The number of rotatable bonds is 4. The van der Waals surface area contributed by atoms with Crippen LogP contribution in [0.3, 0.4) is 0 Å². The molecule has 5 heteroatoms. The SMILES string of the molecule is CCc1ccccc1Oc1ccc(CBr)cc1C(F)(F)F. The first-order valence-electron chi connectivity index (χ1n) is 6.47. The van der Waals surface area contributed by atoms with Crippen molar-refractivity contribution in [2.75, 3.05) is 0 Å². The number of ether oxygens (including phenoxy) is 1. The first-order chi connectivity index (χ1) is 9.95. The maximum absolute atomic E-state index is 13.2. The molecule has 2 aromatic carbocycles. The number of hydrogen-bond donors (Lipinski definition) is 0. The van der Waals surface area contributed by atoms with Crippen LogP contribution in [0.1, 0.15) is 23.6 Å². The van der Waals surface area contributed by atoms with Crippen molar-refractivity contribution in [2.24, 2.45) is 0 Å². The van der Waals surface area contributed by atoms with Gasteiger partial charge in [0.15, 0.2) is 0 Å². The zero-order chi connectivity index (χ0) is 15.5. The summed E-state index contributed by atoms with van der Waals surface area (Å²) in [6, 6.07) is 11.2. The van der Waals surface area contributed by atoms with E-state index >= 15 is 0 Å². The van der Waals surface area contributed by atoms with Gasteiger partial charge in [-0.1, -0.05) is 47.1 Å². The van der Waals surface area contributed by atoms with Crippen LogP contribution in [-0.2, 0) is 17.9 Å². The highest BCUT2D eigenvalue weighted by Gasteiger charge is 2.35. The molecule has 0 radical (unpaired) electrons. The normalized spacial score (nSPS) is 11.5. The van der Waals surface area contributed by atoms with Crippen LogP contribution in [0.15, 0.2) is 42.5 Å². The van der Waals surface area contributed by atoms with Gasteiger partial charge in [-0.05, 0) is 35.7 Å². The fourth-order valence-corrected chi connectivity index (χ4v) is 2.33. The van der Waals surface area contributed by atoms with Gasteiger partial charge in [0.05, 0.1) is 5.56 Å². The second kappa shape index (κ2) is 6.52. The molecule has 0 unspecified atom stereocenters. The van der Waals surface area contributed by atoms with E-state index in [9.17, 15) is 13.2 Å². The minimum atomic E-state index is -4.45. The van der Waals surface area contributed by atoms with Crippen LogP contribution >= 0.6 is 15.9 Å². The van der Waals surface area contributed by atoms with Gasteiger partial charge in [-0.3, -0.25) is 0 Å². The van der Waals surface area contributed by atoms with Gasteiger partial charge in [-0.25, -0.2) is 0 Å². The molecule has 1 nitrogen and oxygen atoms in total. The predicted molar refractivity (Wildman–Crippen MR) is 80.0 cm³/mol. The number of benzene rings is 2. The summed E-state index contributed by atoms with van der Waals surface area (Å²) < 4.78 is 45.0. The summed E-state index contributed by atoms with van der Waals surface area (Å²) in [5.74, 6) is 0.283. The second-order valence-electron chi connectivity index (χ2n) is 4.53. The van der Waals surface area contributed by atoms with Crippen molar-refractivity contribution < 1.29 is 17.9 Å². The zero-order valence-electron chi connectivity index (χ0n) is 11.4. The zero-order valence-corrected chi connectivity index (χ0v) is 13.0. The maximum atomic E-state index is 13.2. The highest BCUT2D eigenvalue weighted by Crippen LogP contribution is 2.39. The Morgan fingerprint density at radius 3 is 2.38 bits per heavy atom. The fraction of sp³-hybridized carbons (Fsp3) is 0.250. The van der Waals surface area contributed by atoms with E-state index < -0.39 is 11.7 Å². The Labute approximate surface area is 129 Å². The third kappa shape index (κ3) is 3.79. The number of alkyl halides is 4. The fourth-order valence-electron chi connectivity index (χ4n) is 1.98. The van der Waals surface area contributed by atoms with E-state index in [1.54, 1.807) is 18.2 Å². The summed E-state index contributed by atoms with van der Waals surface area (Å²) in [5, 5.41) is 0.363. The molecule has 112 valence electrons. The van der Waals surface area contributed by atoms with Crippen LogP contribution in [-0.4, -0.2) is 0 Å². The van der Waals surface area contributed by atoms with Crippen molar-refractivity contribution in [3.63, 3.8) is 0 Å². The van der Waals surface area contributed by atoms with Gasteiger partial charge in [0, 0.05) is 5.33 Å². The molecule has 0 aliphatic rings. The summed E-state index contributed by atoms with van der Waals surface area (Å²) in [6.45, 7) is 1.93. The van der Waals surface area contributed by atoms with E-state index in [-0.39, 0.29) is 5.75 Å². The minimum Gasteiger partial charge on any atom is -0.456 e. The van der Waals surface area contributed by atoms with Crippen LogP contribution in [0.2, 0.25) is 0 Å². The minimum absolute atomic E-state index is 0.173. The van der Waals surface area contributed by atoms with E-state index in [0.717, 1.165) is 11.6 Å². The lowest BCUT2D eigenvalue weighted by Crippen LogP contribution is -2.08. The lowest BCUT2D eigenvalue weighted by atomic mass is 10.1. The molecule has 0 aromatic heterocycles. The quantitative estimate of drug-likeness (QED) is 0.613. The van der Waals surface area contributed by atoms with Crippen molar-refractivity contribution in [1.29, 1.82) is 0 Å². The van der Waals surface area contributed by atoms with Crippen LogP contribution in [0.4, 0.5) is 13.2 Å². The third-order valence-electron chi connectivity index (χ3n) is 3.08. The Morgan fingerprint density at radius 2 is 1.76 bits per heavy atom. The van der Waals surface area contributed by atoms with Gasteiger partial charge < -0.3 is 4.74 Å². The first kappa shape index (κ1) is 15.9. The van der Waals surface area contributed by atoms with Crippen molar-refractivity contribution in [3.05, 3.63) is 59.2 Å². The second-order valence-corrected chi connectivity index (χ2v) is 5.09. The van der Waals surface area contributed by atoms with E-state index in [1.165, 1.54) is 6.07 Å². The maximum Gasteiger partial charge on any atom is 0.419 e. The van der Waals surface area contributed by atoms with E-state index in [0.29, 0.717) is 23.1 Å². The van der Waals surface area contributed by atoms with Crippen LogP contribution in [0, 0.1) is 0 Å². The van der Waals surface area contributed by atoms with E-state index in [1.807, 2.05) is 19.1 Å². The molecule has 0 saturated heterocycles. The monoisotopic (exact) mass is 358 g/mol. The molecule has 0 aliphatic carbocycles. The van der Waals surface area contributed by atoms with Gasteiger partial charge in [0.25, 0.3) is 0 Å². The molecule has 0 atom stereocenters. The molecule has 0 spiro atoms. The van der Waals surface area contributed by atoms with Crippen molar-refractivity contribution in [3.8, 4) is 11.5 Å². The van der Waals surface area contributed by atoms with Crippen molar-refractivity contribution >= 4 is 15.9 Å². The van der Waals surface area contributed by atoms with Gasteiger partial charge in [0.2, 0.25) is 0 Å². The molecule has 0 bridgehead atoms. The largest absolute Gasteiger partial charge is 0.456 e. The Kier molecular flexibility index (Phi) is 4.93. The molecular formula is C16H14BrF3O. The van der Waals surface area contributed by atoms with Crippen molar-refractivity contribution in [1.82, 2.24) is 0 Å². The Bertz CT molecular complexity index is 623. The van der Waals surface area contributed by atoms with Gasteiger partial charge in [-0.2, -0.15) is 13.2 Å². The molecule has 2 rings (SSSR count). The Hall–Kier alpha value is -1.49. The predicted octanol–water partition coefficient (Wildman–Crippen LogP) is 5.96. The van der Waals surface area contributed by atoms with E-state index in [2.05, 4.69) is 15.9 Å². The highest BCUT2D eigenvalue weighted by atomic mass is 79.9. The summed E-state index contributed by atoms with van der Waals surface area (Å²) in [4.78, 5) is 0. The van der Waals surface area contributed by atoms with Crippen LogP contribution in [0.25, 0.3) is 0 Å². The lowest BCUT2D eigenvalue weighted by Gasteiger charge is -2.16. The molecule has 0 aliphatic heterocycles. The average molecular weight is 359 g/mol.